The molecule has 1 N–H and O–H groups in total. The van der Waals surface area contributed by atoms with E-state index in [4.69, 9.17) is 32.7 Å². The van der Waals surface area contributed by atoms with Crippen molar-refractivity contribution >= 4 is 40.8 Å². The fourth-order valence-corrected chi connectivity index (χ4v) is 2.09. The number of halogens is 2. The third-order valence-electron chi connectivity index (χ3n) is 2.86. The zero-order chi connectivity index (χ0) is 16.8. The summed E-state index contributed by atoms with van der Waals surface area (Å²) in [5.41, 5.74) is 0.704. The minimum absolute atomic E-state index is 0.248. The number of carbonyl (C=O) groups excluding carboxylic acids is 2. The molecule has 0 unspecified atom stereocenters. The van der Waals surface area contributed by atoms with E-state index < -0.39 is 18.5 Å². The Hall–Kier alpha value is -2.24. The Kier molecular flexibility index (Phi) is 5.84. The van der Waals surface area contributed by atoms with E-state index in [9.17, 15) is 9.59 Å². The van der Waals surface area contributed by atoms with E-state index in [2.05, 4.69) is 5.32 Å². The van der Waals surface area contributed by atoms with Gasteiger partial charge in [-0.1, -0.05) is 35.3 Å². The minimum atomic E-state index is -0.647. The van der Waals surface area contributed by atoms with Gasteiger partial charge in [-0.05, 0) is 30.3 Å². The van der Waals surface area contributed by atoms with Crippen LogP contribution in [0.1, 0.15) is 10.4 Å². The monoisotopic (exact) mass is 353 g/mol. The van der Waals surface area contributed by atoms with Crippen LogP contribution in [0.4, 0.5) is 5.69 Å². The molecule has 0 aliphatic rings. The van der Waals surface area contributed by atoms with E-state index in [0.717, 1.165) is 0 Å². The Morgan fingerprint density at radius 1 is 1.09 bits per heavy atom. The van der Waals surface area contributed by atoms with Crippen molar-refractivity contribution in [2.75, 3.05) is 19.0 Å². The SMILES string of the molecule is COc1ccccc1C(=O)OCC(=O)Nc1ccc(Cl)c(Cl)c1. The molecule has 5 nitrogen and oxygen atoms in total. The van der Waals surface area contributed by atoms with E-state index in [1.165, 1.54) is 13.2 Å². The molecule has 2 aromatic rings. The number of rotatable bonds is 5. The molecule has 7 heteroatoms. The molecule has 0 saturated heterocycles. The molecule has 0 fully saturated rings. The van der Waals surface area contributed by atoms with Crippen molar-refractivity contribution in [2.45, 2.75) is 0 Å². The molecular formula is C16H13Cl2NO4. The first-order chi connectivity index (χ1) is 11.0. The standard InChI is InChI=1S/C16H13Cl2NO4/c1-22-14-5-3-2-4-11(14)16(21)23-9-15(20)19-10-6-7-12(17)13(18)8-10/h2-8H,9H2,1H3,(H,19,20). The molecule has 120 valence electrons. The highest BCUT2D eigenvalue weighted by molar-refractivity contribution is 6.42. The van der Waals surface area contributed by atoms with E-state index in [0.29, 0.717) is 21.5 Å². The second kappa shape index (κ2) is 7.85. The molecule has 0 aromatic heterocycles. The maximum Gasteiger partial charge on any atom is 0.342 e. The largest absolute Gasteiger partial charge is 0.496 e. The first-order valence-electron chi connectivity index (χ1n) is 6.56. The van der Waals surface area contributed by atoms with Gasteiger partial charge >= 0.3 is 5.97 Å². The number of carbonyl (C=O) groups is 2. The summed E-state index contributed by atoms with van der Waals surface area (Å²) in [4.78, 5) is 23.8. The summed E-state index contributed by atoms with van der Waals surface area (Å²) in [6.45, 7) is -0.433. The molecule has 0 spiro atoms. The molecule has 0 heterocycles. The van der Waals surface area contributed by atoms with E-state index in [1.54, 1.807) is 36.4 Å². The quantitative estimate of drug-likeness (QED) is 0.830. The van der Waals surface area contributed by atoms with Gasteiger partial charge in [0.25, 0.3) is 5.91 Å². The third-order valence-corrected chi connectivity index (χ3v) is 3.60. The Morgan fingerprint density at radius 3 is 2.52 bits per heavy atom. The average molecular weight is 354 g/mol. The van der Waals surface area contributed by atoms with Crippen LogP contribution < -0.4 is 10.1 Å². The lowest BCUT2D eigenvalue weighted by Crippen LogP contribution is -2.21. The van der Waals surface area contributed by atoms with Crippen LogP contribution in [0, 0.1) is 0 Å². The summed E-state index contributed by atoms with van der Waals surface area (Å²) in [6, 6.07) is 11.2. The topological polar surface area (TPSA) is 64.6 Å². The maximum atomic E-state index is 12.0. The van der Waals surface area contributed by atoms with Crippen LogP contribution in [-0.2, 0) is 9.53 Å². The average Bonchev–Trinajstić information content (AvgIpc) is 2.56. The van der Waals surface area contributed by atoms with Gasteiger partial charge in [0.2, 0.25) is 0 Å². The van der Waals surface area contributed by atoms with Crippen molar-refractivity contribution < 1.29 is 19.1 Å². The Bertz CT molecular complexity index is 734. The molecule has 0 atom stereocenters. The summed E-state index contributed by atoms with van der Waals surface area (Å²) in [7, 11) is 1.45. The van der Waals surface area contributed by atoms with Crippen LogP contribution in [0.5, 0.6) is 5.75 Å². The Balaban J connectivity index is 1.93. The summed E-state index contributed by atoms with van der Waals surface area (Å²) < 4.78 is 10.0. The third kappa shape index (κ3) is 4.61. The summed E-state index contributed by atoms with van der Waals surface area (Å²) in [5, 5.41) is 3.25. The molecule has 2 aromatic carbocycles. The maximum absolute atomic E-state index is 12.0. The van der Waals surface area contributed by atoms with Crippen molar-refractivity contribution in [1.29, 1.82) is 0 Å². The van der Waals surface area contributed by atoms with Crippen LogP contribution in [0.2, 0.25) is 10.0 Å². The van der Waals surface area contributed by atoms with Crippen LogP contribution in [0.15, 0.2) is 42.5 Å². The lowest BCUT2D eigenvalue weighted by atomic mass is 10.2. The van der Waals surface area contributed by atoms with Gasteiger partial charge in [0.1, 0.15) is 11.3 Å². The van der Waals surface area contributed by atoms with Crippen molar-refractivity contribution in [1.82, 2.24) is 0 Å². The smallest absolute Gasteiger partial charge is 0.342 e. The van der Waals surface area contributed by atoms with Crippen molar-refractivity contribution in [3.8, 4) is 5.75 Å². The zero-order valence-electron chi connectivity index (χ0n) is 12.1. The molecule has 23 heavy (non-hydrogen) atoms. The summed E-state index contributed by atoms with van der Waals surface area (Å²) in [5.74, 6) is -0.763. The fraction of sp³-hybridized carbons (Fsp3) is 0.125. The number of para-hydroxylation sites is 1. The predicted octanol–water partition coefficient (Wildman–Crippen LogP) is 3.80. The van der Waals surface area contributed by atoms with Crippen LogP contribution in [0.25, 0.3) is 0 Å². The number of nitrogens with one attached hydrogen (secondary N) is 1. The van der Waals surface area contributed by atoms with Gasteiger partial charge in [0.15, 0.2) is 6.61 Å². The van der Waals surface area contributed by atoms with Crippen LogP contribution in [0.3, 0.4) is 0 Å². The van der Waals surface area contributed by atoms with E-state index in [1.807, 2.05) is 0 Å². The molecule has 0 aliphatic heterocycles. The highest BCUT2D eigenvalue weighted by Crippen LogP contribution is 2.25. The highest BCUT2D eigenvalue weighted by atomic mass is 35.5. The second-order valence-corrected chi connectivity index (χ2v) is 5.27. The number of benzene rings is 2. The first kappa shape index (κ1) is 17.1. The van der Waals surface area contributed by atoms with Gasteiger partial charge in [-0.25, -0.2) is 4.79 Å². The highest BCUT2D eigenvalue weighted by Gasteiger charge is 2.14. The molecular weight excluding hydrogens is 341 g/mol. The molecule has 2 rings (SSSR count). The van der Waals surface area contributed by atoms with Gasteiger partial charge in [0.05, 0.1) is 17.2 Å². The number of anilines is 1. The Morgan fingerprint density at radius 2 is 1.83 bits per heavy atom. The van der Waals surface area contributed by atoms with Crippen LogP contribution >= 0.6 is 23.2 Å². The number of ether oxygens (including phenoxy) is 2. The molecule has 0 radical (unpaired) electrons. The number of methoxy groups -OCH3 is 1. The van der Waals surface area contributed by atoms with Gasteiger partial charge < -0.3 is 14.8 Å². The lowest BCUT2D eigenvalue weighted by molar-refractivity contribution is -0.119. The number of amides is 1. The lowest BCUT2D eigenvalue weighted by Gasteiger charge is -2.09. The van der Waals surface area contributed by atoms with E-state index in [-0.39, 0.29) is 5.56 Å². The Labute approximate surface area is 143 Å². The second-order valence-electron chi connectivity index (χ2n) is 4.45. The van der Waals surface area contributed by atoms with Crippen molar-refractivity contribution in [2.24, 2.45) is 0 Å². The first-order valence-corrected chi connectivity index (χ1v) is 7.32. The van der Waals surface area contributed by atoms with Gasteiger partial charge in [-0.3, -0.25) is 4.79 Å². The summed E-state index contributed by atoms with van der Waals surface area (Å²) >= 11 is 11.6. The molecule has 0 saturated carbocycles. The fourth-order valence-electron chi connectivity index (χ4n) is 1.79. The van der Waals surface area contributed by atoms with Gasteiger partial charge in [-0.2, -0.15) is 0 Å². The number of hydrogen-bond donors (Lipinski definition) is 1. The predicted molar refractivity (Wildman–Crippen MR) is 88.4 cm³/mol. The molecule has 1 amide bonds. The zero-order valence-corrected chi connectivity index (χ0v) is 13.6. The molecule has 0 aliphatic carbocycles. The summed E-state index contributed by atoms with van der Waals surface area (Å²) in [6.07, 6.45) is 0. The van der Waals surface area contributed by atoms with E-state index >= 15 is 0 Å². The number of hydrogen-bond acceptors (Lipinski definition) is 4. The molecule has 0 bridgehead atoms. The van der Waals surface area contributed by atoms with Gasteiger partial charge in [0, 0.05) is 5.69 Å². The number of esters is 1. The van der Waals surface area contributed by atoms with Crippen molar-refractivity contribution in [3.63, 3.8) is 0 Å². The van der Waals surface area contributed by atoms with Gasteiger partial charge in [-0.15, -0.1) is 0 Å². The van der Waals surface area contributed by atoms with Crippen molar-refractivity contribution in [3.05, 3.63) is 58.1 Å². The minimum Gasteiger partial charge on any atom is -0.496 e. The van der Waals surface area contributed by atoms with Crippen LogP contribution in [-0.4, -0.2) is 25.6 Å². The normalized spacial score (nSPS) is 10.0.